The highest BCUT2D eigenvalue weighted by molar-refractivity contribution is 5.83. The van der Waals surface area contributed by atoms with Crippen molar-refractivity contribution in [3.05, 3.63) is 0 Å². The summed E-state index contributed by atoms with van der Waals surface area (Å²) >= 11 is 0. The molecular weight excluding hydrogens is 338 g/mol. The second-order valence-electron chi connectivity index (χ2n) is 9.82. The van der Waals surface area contributed by atoms with Gasteiger partial charge in [0.25, 0.3) is 5.91 Å². The van der Waals surface area contributed by atoms with Gasteiger partial charge in [0.05, 0.1) is 0 Å². The van der Waals surface area contributed by atoms with E-state index >= 15 is 0 Å². The zero-order chi connectivity index (χ0) is 20.9. The molecular formula is C23H45NO3. The molecule has 0 radical (unpaired) electrons. The number of unbranched alkanes of at least 4 members (excludes halogenated alkanes) is 8. The molecule has 0 saturated carbocycles. The topological polar surface area (TPSA) is 55.4 Å². The number of rotatable bonds is 14. The van der Waals surface area contributed by atoms with E-state index in [1.807, 2.05) is 13.8 Å². The molecule has 0 aromatic carbocycles. The van der Waals surface area contributed by atoms with E-state index in [1.54, 1.807) is 6.92 Å². The largest absolute Gasteiger partial charge is 0.453 e. The van der Waals surface area contributed by atoms with E-state index in [0.29, 0.717) is 6.42 Å². The molecule has 0 unspecified atom stereocenters. The molecule has 1 amide bonds. The van der Waals surface area contributed by atoms with Crippen LogP contribution >= 0.6 is 0 Å². The van der Waals surface area contributed by atoms with Gasteiger partial charge >= 0.3 is 5.97 Å². The van der Waals surface area contributed by atoms with Crippen LogP contribution in [0, 0.1) is 5.41 Å². The number of ether oxygens (including phenoxy) is 1. The Morgan fingerprint density at radius 1 is 0.852 bits per heavy atom. The molecule has 0 saturated heterocycles. The zero-order valence-electron chi connectivity index (χ0n) is 19.1. The lowest BCUT2D eigenvalue weighted by Crippen LogP contribution is -2.49. The number of hydrogen-bond donors (Lipinski definition) is 1. The second-order valence-corrected chi connectivity index (χ2v) is 9.82. The Bertz CT molecular complexity index is 424. The molecule has 0 aromatic rings. The minimum Gasteiger partial charge on any atom is -0.453 e. The third kappa shape index (κ3) is 15.7. The highest BCUT2D eigenvalue weighted by Gasteiger charge is 2.29. The van der Waals surface area contributed by atoms with Crippen LogP contribution < -0.4 is 5.32 Å². The maximum absolute atomic E-state index is 12.3. The maximum Gasteiger partial charge on any atom is 0.306 e. The molecule has 0 heterocycles. The lowest BCUT2D eigenvalue weighted by atomic mass is 9.81. The summed E-state index contributed by atoms with van der Waals surface area (Å²) in [5.41, 5.74) is -0.209. The molecule has 0 aliphatic heterocycles. The predicted molar refractivity (Wildman–Crippen MR) is 114 cm³/mol. The summed E-state index contributed by atoms with van der Waals surface area (Å²) in [5.74, 6) is -0.487. The Balaban J connectivity index is 3.92. The smallest absolute Gasteiger partial charge is 0.306 e. The molecule has 0 rings (SSSR count). The van der Waals surface area contributed by atoms with Crippen molar-refractivity contribution in [1.29, 1.82) is 0 Å². The van der Waals surface area contributed by atoms with E-state index < -0.39 is 6.10 Å². The van der Waals surface area contributed by atoms with Crippen molar-refractivity contribution in [3.8, 4) is 0 Å². The molecule has 0 aliphatic carbocycles. The summed E-state index contributed by atoms with van der Waals surface area (Å²) in [4.78, 5) is 24.3. The van der Waals surface area contributed by atoms with Crippen LogP contribution in [0.4, 0.5) is 0 Å². The summed E-state index contributed by atoms with van der Waals surface area (Å²) in [6, 6.07) is 0. The monoisotopic (exact) mass is 383 g/mol. The first kappa shape index (κ1) is 25.9. The fraction of sp³-hybridized carbons (Fsp3) is 0.913. The van der Waals surface area contributed by atoms with Gasteiger partial charge in [0.1, 0.15) is 0 Å². The van der Waals surface area contributed by atoms with Crippen molar-refractivity contribution in [2.45, 2.75) is 131 Å². The summed E-state index contributed by atoms with van der Waals surface area (Å²) in [6.07, 6.45) is 11.4. The van der Waals surface area contributed by atoms with Crippen LogP contribution in [0.1, 0.15) is 119 Å². The molecule has 0 spiro atoms. The standard InChI is InChI=1S/C23H45NO3/c1-8-9-10-11-12-13-14-15-16-17-20(25)27-19(2)21(26)24-23(6,7)18-22(3,4)5/h19H,8-18H2,1-7H3,(H,24,26)/t19-/m0/s1. The maximum atomic E-state index is 12.3. The first-order chi connectivity index (χ1) is 12.5. The fourth-order valence-corrected chi connectivity index (χ4v) is 3.69. The molecule has 0 aromatic heterocycles. The van der Waals surface area contributed by atoms with Gasteiger partial charge in [-0.3, -0.25) is 9.59 Å². The fourth-order valence-electron chi connectivity index (χ4n) is 3.69. The van der Waals surface area contributed by atoms with Gasteiger partial charge in [-0.1, -0.05) is 79.1 Å². The van der Waals surface area contributed by atoms with Crippen LogP contribution in [0.15, 0.2) is 0 Å². The summed E-state index contributed by atoms with van der Waals surface area (Å²) < 4.78 is 5.31. The van der Waals surface area contributed by atoms with Crippen molar-refractivity contribution in [2.24, 2.45) is 5.41 Å². The lowest BCUT2D eigenvalue weighted by Gasteiger charge is -2.34. The van der Waals surface area contributed by atoms with Crippen LogP contribution in [0.5, 0.6) is 0 Å². The Morgan fingerprint density at radius 2 is 1.33 bits per heavy atom. The van der Waals surface area contributed by atoms with Crippen molar-refractivity contribution in [3.63, 3.8) is 0 Å². The number of carbonyl (C=O) groups excluding carboxylic acids is 2. The van der Waals surface area contributed by atoms with Crippen molar-refractivity contribution in [1.82, 2.24) is 5.32 Å². The van der Waals surface area contributed by atoms with E-state index in [-0.39, 0.29) is 22.8 Å². The number of amides is 1. The van der Waals surface area contributed by atoms with Crippen molar-refractivity contribution in [2.75, 3.05) is 0 Å². The quantitative estimate of drug-likeness (QED) is 0.288. The highest BCUT2D eigenvalue weighted by atomic mass is 16.5. The van der Waals surface area contributed by atoms with Crippen LogP contribution in [0.25, 0.3) is 0 Å². The first-order valence-corrected chi connectivity index (χ1v) is 11.0. The van der Waals surface area contributed by atoms with Crippen molar-refractivity contribution >= 4 is 11.9 Å². The second kappa shape index (κ2) is 13.2. The normalized spacial score (nSPS) is 13.3. The summed E-state index contributed by atoms with van der Waals surface area (Å²) in [5, 5.41) is 3.01. The van der Waals surface area contributed by atoms with Crippen LogP contribution in [-0.4, -0.2) is 23.5 Å². The van der Waals surface area contributed by atoms with Gasteiger partial charge in [-0.25, -0.2) is 0 Å². The van der Waals surface area contributed by atoms with E-state index in [4.69, 9.17) is 4.74 Å². The van der Waals surface area contributed by atoms with E-state index in [2.05, 4.69) is 33.0 Å². The Labute approximate surface area is 168 Å². The molecule has 1 N–H and O–H groups in total. The van der Waals surface area contributed by atoms with Gasteiger partial charge in [-0.2, -0.15) is 0 Å². The van der Waals surface area contributed by atoms with Gasteiger partial charge in [0.2, 0.25) is 0 Å². The van der Waals surface area contributed by atoms with E-state index in [9.17, 15) is 9.59 Å². The van der Waals surface area contributed by atoms with Crippen molar-refractivity contribution < 1.29 is 14.3 Å². The third-order valence-corrected chi connectivity index (χ3v) is 4.60. The minimum atomic E-state index is -0.740. The SMILES string of the molecule is CCCCCCCCCCCC(=O)O[C@@H](C)C(=O)NC(C)(C)CC(C)(C)C. The van der Waals surface area contributed by atoms with Crippen LogP contribution in [-0.2, 0) is 14.3 Å². The van der Waals surface area contributed by atoms with Gasteiger partial charge < -0.3 is 10.1 Å². The van der Waals surface area contributed by atoms with E-state index in [1.165, 1.54) is 44.9 Å². The van der Waals surface area contributed by atoms with Crippen LogP contribution in [0.2, 0.25) is 0 Å². The van der Waals surface area contributed by atoms with Gasteiger partial charge in [-0.15, -0.1) is 0 Å². The Morgan fingerprint density at radius 3 is 1.81 bits per heavy atom. The van der Waals surface area contributed by atoms with Crippen LogP contribution in [0.3, 0.4) is 0 Å². The number of hydrogen-bond acceptors (Lipinski definition) is 3. The highest BCUT2D eigenvalue weighted by Crippen LogP contribution is 2.26. The Kier molecular flexibility index (Phi) is 12.7. The molecule has 0 fully saturated rings. The number of esters is 1. The zero-order valence-corrected chi connectivity index (χ0v) is 19.1. The molecule has 4 heteroatoms. The molecule has 4 nitrogen and oxygen atoms in total. The summed E-state index contributed by atoms with van der Waals surface area (Å²) in [7, 11) is 0. The number of nitrogens with one attached hydrogen (secondary N) is 1. The average molecular weight is 384 g/mol. The first-order valence-electron chi connectivity index (χ1n) is 11.0. The molecule has 0 aliphatic rings. The lowest BCUT2D eigenvalue weighted by molar-refractivity contribution is -0.155. The molecule has 27 heavy (non-hydrogen) atoms. The summed E-state index contributed by atoms with van der Waals surface area (Å²) in [6.45, 7) is 14.3. The van der Waals surface area contributed by atoms with Gasteiger partial charge in [0, 0.05) is 12.0 Å². The predicted octanol–water partition coefficient (Wildman–Crippen LogP) is 6.17. The molecule has 160 valence electrons. The molecule has 1 atom stereocenters. The van der Waals surface area contributed by atoms with Gasteiger partial charge in [-0.05, 0) is 39.0 Å². The van der Waals surface area contributed by atoms with E-state index in [0.717, 1.165) is 19.3 Å². The third-order valence-electron chi connectivity index (χ3n) is 4.60. The average Bonchev–Trinajstić information content (AvgIpc) is 2.50. The minimum absolute atomic E-state index is 0.118. The molecule has 0 bridgehead atoms. The Hall–Kier alpha value is -1.06. The number of carbonyl (C=O) groups is 2. The van der Waals surface area contributed by atoms with Gasteiger partial charge in [0.15, 0.2) is 6.10 Å².